The van der Waals surface area contributed by atoms with Crippen LogP contribution in [-0.2, 0) is 12.8 Å². The fraction of sp³-hybridized carbons (Fsp3) is 0.185. The minimum Gasteiger partial charge on any atom is -0.456 e. The summed E-state index contributed by atoms with van der Waals surface area (Å²) >= 11 is 1.94. The molecule has 2 unspecified atom stereocenters. The van der Waals surface area contributed by atoms with Crippen LogP contribution in [0.2, 0.25) is 0 Å². The number of benzene rings is 4. The lowest BCUT2D eigenvalue weighted by molar-refractivity contribution is 0.523. The average molecular weight is 770 g/mol. The molecule has 3 heterocycles. The lowest BCUT2D eigenvalue weighted by atomic mass is 9.81. The first-order valence-electron chi connectivity index (χ1n) is 21.0. The predicted octanol–water partition coefficient (Wildman–Crippen LogP) is 13.2. The van der Waals surface area contributed by atoms with Crippen molar-refractivity contribution in [3.8, 4) is 11.1 Å². The smallest absolute Gasteiger partial charge is 0.159 e. The summed E-state index contributed by atoms with van der Waals surface area (Å²) in [6, 6.07) is 32.8. The van der Waals surface area contributed by atoms with E-state index in [2.05, 4.69) is 157 Å². The van der Waals surface area contributed by atoms with Crippen molar-refractivity contribution in [1.29, 1.82) is 0 Å². The van der Waals surface area contributed by atoms with E-state index in [4.69, 9.17) is 8.83 Å². The van der Waals surface area contributed by atoms with Gasteiger partial charge in [0.1, 0.15) is 17.1 Å². The SMILES string of the molecule is C1=CCC(C2=CCCc3c2oc2c3CCC(C3C=CC(N(C4=c5sc6c(-c7ccccc7)cccc6c5=CCC4)c4cccc5c4oc4ccccc45)=CC3)=C2)C=C1. The van der Waals surface area contributed by atoms with Crippen molar-refractivity contribution < 1.29 is 8.83 Å². The highest BCUT2D eigenvalue weighted by atomic mass is 32.1. The van der Waals surface area contributed by atoms with Gasteiger partial charge in [0.25, 0.3) is 0 Å². The third-order valence-electron chi connectivity index (χ3n) is 13.1. The van der Waals surface area contributed by atoms with E-state index in [9.17, 15) is 0 Å². The van der Waals surface area contributed by atoms with Gasteiger partial charge in [0, 0.05) is 55.2 Å². The summed E-state index contributed by atoms with van der Waals surface area (Å²) in [6.07, 6.45) is 31.8. The lowest BCUT2D eigenvalue weighted by Crippen LogP contribution is -2.34. The standard InChI is InChI=1S/C54H43NO2S/c1-3-13-35(14-4-1)39-18-9-20-43-42-32-29-37(33-50(42)57-51(39)43)34-27-30-38(31-28-34)55(47-24-11-21-44-41-17-7-8-26-49(41)56-52(44)47)48-25-12-23-46-45-22-10-19-40(53(45)58-54(46)48)36-15-5-2-6-16-36/h1-8,10-11,13,15-19,21-24,26-27,30-31,33-35H,9,12,14,20,25,28-29,32H2. The predicted molar refractivity (Wildman–Crippen MR) is 243 cm³/mol. The average Bonchev–Trinajstić information content (AvgIpc) is 3.99. The molecule has 0 N–H and O–H groups in total. The van der Waals surface area contributed by atoms with E-state index in [0.717, 1.165) is 90.5 Å². The number of hydrogen-bond donors (Lipinski definition) is 0. The van der Waals surface area contributed by atoms with Crippen molar-refractivity contribution >= 4 is 72.5 Å². The van der Waals surface area contributed by atoms with Crippen LogP contribution in [0.4, 0.5) is 5.69 Å². The Hall–Kier alpha value is -6.10. The van der Waals surface area contributed by atoms with Gasteiger partial charge in [0.05, 0.1) is 10.2 Å². The van der Waals surface area contributed by atoms with Crippen LogP contribution in [0.1, 0.15) is 61.2 Å². The van der Waals surface area contributed by atoms with Gasteiger partial charge >= 0.3 is 0 Å². The van der Waals surface area contributed by atoms with Gasteiger partial charge in [-0.3, -0.25) is 0 Å². The zero-order valence-corrected chi connectivity index (χ0v) is 33.2. The van der Waals surface area contributed by atoms with Crippen LogP contribution in [0.3, 0.4) is 0 Å². The van der Waals surface area contributed by atoms with Crippen molar-refractivity contribution in [3.05, 3.63) is 183 Å². The van der Waals surface area contributed by atoms with Crippen molar-refractivity contribution in [2.45, 2.75) is 51.4 Å². The number of para-hydroxylation sites is 2. The molecule has 58 heavy (non-hydrogen) atoms. The van der Waals surface area contributed by atoms with E-state index in [0.29, 0.717) is 11.8 Å². The first-order chi connectivity index (χ1) is 28.8. The molecule has 0 amide bonds. The fourth-order valence-electron chi connectivity index (χ4n) is 10.3. The third-order valence-corrected chi connectivity index (χ3v) is 14.4. The molecule has 3 nitrogen and oxygen atoms in total. The second-order valence-corrected chi connectivity index (χ2v) is 17.3. The molecule has 0 saturated carbocycles. The topological polar surface area (TPSA) is 29.5 Å². The van der Waals surface area contributed by atoms with Gasteiger partial charge in [-0.1, -0.05) is 133 Å². The summed E-state index contributed by atoms with van der Waals surface area (Å²) in [5.41, 5.74) is 13.8. The van der Waals surface area contributed by atoms with Gasteiger partial charge < -0.3 is 13.7 Å². The second kappa shape index (κ2) is 13.8. The number of anilines is 1. The molecule has 0 bridgehead atoms. The second-order valence-electron chi connectivity index (χ2n) is 16.3. The van der Waals surface area contributed by atoms with Crippen molar-refractivity contribution in [3.63, 3.8) is 0 Å². The molecular weight excluding hydrogens is 727 g/mol. The fourth-order valence-corrected chi connectivity index (χ4v) is 11.7. The van der Waals surface area contributed by atoms with Gasteiger partial charge in [0.2, 0.25) is 0 Å². The highest BCUT2D eigenvalue weighted by Crippen LogP contribution is 2.45. The molecule has 282 valence electrons. The maximum Gasteiger partial charge on any atom is 0.159 e. The van der Waals surface area contributed by atoms with Crippen LogP contribution in [0, 0.1) is 11.8 Å². The Balaban J connectivity index is 0.961. The summed E-state index contributed by atoms with van der Waals surface area (Å²) < 4.78 is 16.3. The van der Waals surface area contributed by atoms with Crippen LogP contribution in [-0.4, -0.2) is 0 Å². The van der Waals surface area contributed by atoms with E-state index in [1.165, 1.54) is 64.6 Å². The van der Waals surface area contributed by atoms with Crippen molar-refractivity contribution in [2.24, 2.45) is 11.8 Å². The van der Waals surface area contributed by atoms with Gasteiger partial charge in [-0.25, -0.2) is 0 Å². The molecular formula is C54H43NO2S. The van der Waals surface area contributed by atoms with Crippen molar-refractivity contribution in [2.75, 3.05) is 4.90 Å². The largest absolute Gasteiger partial charge is 0.456 e. The normalized spacial score (nSPS) is 19.7. The van der Waals surface area contributed by atoms with Crippen LogP contribution in [0.5, 0.6) is 0 Å². The molecule has 0 saturated heterocycles. The molecule has 12 rings (SSSR count). The minimum atomic E-state index is 0.335. The number of furan rings is 2. The molecule has 4 heteroatoms. The van der Waals surface area contributed by atoms with Crippen LogP contribution in [0.15, 0.2) is 160 Å². The number of fused-ring (bicyclic) bond motifs is 9. The monoisotopic (exact) mass is 769 g/mol. The van der Waals surface area contributed by atoms with Crippen LogP contribution >= 0.6 is 11.3 Å². The van der Waals surface area contributed by atoms with E-state index < -0.39 is 0 Å². The number of thiophene rings is 1. The summed E-state index contributed by atoms with van der Waals surface area (Å²) in [5, 5.41) is 5.01. The summed E-state index contributed by atoms with van der Waals surface area (Å²) in [7, 11) is 0. The Bertz CT molecular complexity index is 3140. The van der Waals surface area contributed by atoms with Crippen LogP contribution < -0.4 is 14.7 Å². The van der Waals surface area contributed by atoms with Crippen molar-refractivity contribution in [1.82, 2.24) is 0 Å². The van der Waals surface area contributed by atoms with E-state index in [1.54, 1.807) is 0 Å². The zero-order valence-electron chi connectivity index (χ0n) is 32.4. The van der Waals surface area contributed by atoms with Crippen LogP contribution in [0.25, 0.3) is 66.6 Å². The molecule has 0 spiro atoms. The number of hydrogen-bond acceptors (Lipinski definition) is 4. The molecule has 5 aliphatic rings. The van der Waals surface area contributed by atoms with Gasteiger partial charge in [-0.15, -0.1) is 11.3 Å². The van der Waals surface area contributed by atoms with E-state index in [-0.39, 0.29) is 0 Å². The maximum absolute atomic E-state index is 6.81. The Labute approximate surface area is 342 Å². The summed E-state index contributed by atoms with van der Waals surface area (Å²) in [4.78, 5) is 2.54. The Morgan fingerprint density at radius 1 is 0.655 bits per heavy atom. The van der Waals surface area contributed by atoms with Gasteiger partial charge in [-0.05, 0) is 97.6 Å². The summed E-state index contributed by atoms with van der Waals surface area (Å²) in [6.45, 7) is 0. The zero-order chi connectivity index (χ0) is 38.2. The summed E-state index contributed by atoms with van der Waals surface area (Å²) in [5.74, 6) is 2.99. The van der Waals surface area contributed by atoms with E-state index in [1.807, 2.05) is 11.3 Å². The first-order valence-corrected chi connectivity index (χ1v) is 21.9. The minimum absolute atomic E-state index is 0.335. The molecule has 5 aliphatic carbocycles. The molecule has 4 aromatic carbocycles. The highest BCUT2D eigenvalue weighted by molar-refractivity contribution is 7.17. The lowest BCUT2D eigenvalue weighted by Gasteiger charge is -2.32. The molecule has 0 radical (unpaired) electrons. The Morgan fingerprint density at radius 3 is 2.41 bits per heavy atom. The Kier molecular flexibility index (Phi) is 8.08. The number of nitrogens with zero attached hydrogens (tertiary/aromatic N) is 1. The van der Waals surface area contributed by atoms with Gasteiger partial charge in [-0.2, -0.15) is 0 Å². The van der Waals surface area contributed by atoms with E-state index >= 15 is 0 Å². The number of rotatable bonds is 6. The van der Waals surface area contributed by atoms with Gasteiger partial charge in [0.15, 0.2) is 5.58 Å². The quantitative estimate of drug-likeness (QED) is 0.169. The Morgan fingerprint density at radius 2 is 1.52 bits per heavy atom. The molecule has 2 atom stereocenters. The number of allylic oxidation sites excluding steroid dienone is 10. The third kappa shape index (κ3) is 5.45. The molecule has 3 aromatic heterocycles. The first kappa shape index (κ1) is 34.0. The molecule has 7 aromatic rings. The highest BCUT2D eigenvalue weighted by Gasteiger charge is 2.31. The maximum atomic E-state index is 6.81. The molecule has 0 fully saturated rings. The molecule has 0 aliphatic heterocycles.